The molecule has 2 aromatic carbocycles. The number of rotatable bonds is 3. The molecule has 0 saturated carbocycles. The van der Waals surface area contributed by atoms with Gasteiger partial charge in [0.15, 0.2) is 16.6 Å². The van der Waals surface area contributed by atoms with Gasteiger partial charge in [-0.1, -0.05) is 12.1 Å². The van der Waals surface area contributed by atoms with E-state index in [-0.39, 0.29) is 23.4 Å². The summed E-state index contributed by atoms with van der Waals surface area (Å²) in [5, 5.41) is 14.7. The first kappa shape index (κ1) is 17.5. The highest BCUT2D eigenvalue weighted by Gasteiger charge is 2.31. The second-order valence-electron chi connectivity index (χ2n) is 6.55. The minimum absolute atomic E-state index is 0.0182. The van der Waals surface area contributed by atoms with Gasteiger partial charge in [0.2, 0.25) is 6.79 Å². The van der Waals surface area contributed by atoms with E-state index in [1.54, 1.807) is 24.3 Å². The van der Waals surface area contributed by atoms with Gasteiger partial charge in [0.05, 0.1) is 11.0 Å². The molecule has 1 atom stereocenters. The first-order valence-corrected chi connectivity index (χ1v) is 9.11. The van der Waals surface area contributed by atoms with Crippen molar-refractivity contribution >= 4 is 23.0 Å². The lowest BCUT2D eigenvalue weighted by Gasteiger charge is -2.39. The molecule has 0 radical (unpaired) electrons. The van der Waals surface area contributed by atoms with E-state index in [1.165, 1.54) is 5.56 Å². The summed E-state index contributed by atoms with van der Waals surface area (Å²) in [5.74, 6) is 1.53. The van der Waals surface area contributed by atoms with Crippen molar-refractivity contribution in [3.8, 4) is 11.5 Å². The highest BCUT2D eigenvalue weighted by atomic mass is 32.1. The van der Waals surface area contributed by atoms with Crippen molar-refractivity contribution < 1.29 is 14.4 Å². The van der Waals surface area contributed by atoms with E-state index in [1.807, 2.05) is 13.1 Å². The third kappa shape index (κ3) is 3.28. The van der Waals surface area contributed by atoms with Crippen LogP contribution in [0.3, 0.4) is 0 Å². The molecule has 0 aromatic heterocycles. The van der Waals surface area contributed by atoms with Crippen molar-refractivity contribution in [2.24, 2.45) is 0 Å². The number of hydrogen-bond acceptors (Lipinski definition) is 5. The number of nitro groups is 1. The highest BCUT2D eigenvalue weighted by molar-refractivity contribution is 7.80. The number of thiocarbonyl (C=S) groups is 1. The molecular formula is C19H19N3O4S. The van der Waals surface area contributed by atoms with Crippen LogP contribution in [-0.2, 0) is 12.8 Å². The van der Waals surface area contributed by atoms with Crippen molar-refractivity contribution in [2.45, 2.75) is 18.9 Å². The summed E-state index contributed by atoms with van der Waals surface area (Å²) in [6.07, 6.45) is 1.55. The van der Waals surface area contributed by atoms with Gasteiger partial charge in [0.1, 0.15) is 0 Å². The summed E-state index contributed by atoms with van der Waals surface area (Å²) in [7, 11) is 1.82. The Balaban J connectivity index is 1.70. The zero-order chi connectivity index (χ0) is 19.0. The van der Waals surface area contributed by atoms with Crippen LogP contribution >= 0.6 is 12.2 Å². The van der Waals surface area contributed by atoms with Crippen LogP contribution in [0.5, 0.6) is 11.5 Å². The fraction of sp³-hybridized carbons (Fsp3) is 0.316. The van der Waals surface area contributed by atoms with Crippen LogP contribution in [0.25, 0.3) is 0 Å². The lowest BCUT2D eigenvalue weighted by molar-refractivity contribution is -0.384. The zero-order valence-electron chi connectivity index (χ0n) is 14.8. The summed E-state index contributed by atoms with van der Waals surface area (Å²) >= 11 is 5.52. The molecule has 0 spiro atoms. The molecular weight excluding hydrogens is 366 g/mol. The van der Waals surface area contributed by atoms with E-state index in [0.29, 0.717) is 11.5 Å². The second-order valence-corrected chi connectivity index (χ2v) is 6.93. The monoisotopic (exact) mass is 385 g/mol. The Morgan fingerprint density at radius 2 is 2.00 bits per heavy atom. The molecule has 140 valence electrons. The molecule has 1 N–H and O–H groups in total. The van der Waals surface area contributed by atoms with Gasteiger partial charge >= 0.3 is 0 Å². The van der Waals surface area contributed by atoms with Crippen LogP contribution < -0.4 is 14.8 Å². The molecule has 0 fully saturated rings. The SMILES string of the molecule is CNC(=S)N1CCc2cc3c(cc2C1Cc1ccc([N+](=O)[O-])cc1)OCO3. The van der Waals surface area contributed by atoms with Crippen LogP contribution in [0, 0.1) is 10.1 Å². The maximum absolute atomic E-state index is 10.9. The number of nitrogens with one attached hydrogen (secondary N) is 1. The summed E-state index contributed by atoms with van der Waals surface area (Å²) in [5.41, 5.74) is 3.48. The maximum Gasteiger partial charge on any atom is 0.269 e. The Kier molecular flexibility index (Phi) is 4.57. The molecule has 0 amide bonds. The lowest BCUT2D eigenvalue weighted by atomic mass is 9.88. The Bertz CT molecular complexity index is 901. The highest BCUT2D eigenvalue weighted by Crippen LogP contribution is 2.41. The molecule has 2 aliphatic heterocycles. The predicted octanol–water partition coefficient (Wildman–Crippen LogP) is 2.97. The largest absolute Gasteiger partial charge is 0.454 e. The predicted molar refractivity (Wildman–Crippen MR) is 104 cm³/mol. The Morgan fingerprint density at radius 1 is 1.30 bits per heavy atom. The van der Waals surface area contributed by atoms with E-state index in [9.17, 15) is 10.1 Å². The number of benzene rings is 2. The number of hydrogen-bond donors (Lipinski definition) is 1. The van der Waals surface area contributed by atoms with Gasteiger partial charge in [-0.25, -0.2) is 0 Å². The normalized spacial score (nSPS) is 17.4. The molecule has 2 aromatic rings. The maximum atomic E-state index is 10.9. The first-order chi connectivity index (χ1) is 13.1. The molecule has 8 heteroatoms. The van der Waals surface area contributed by atoms with Crippen molar-refractivity contribution in [1.29, 1.82) is 0 Å². The summed E-state index contributed by atoms with van der Waals surface area (Å²) in [6.45, 7) is 1.04. The van der Waals surface area contributed by atoms with Gasteiger partial charge < -0.3 is 19.7 Å². The van der Waals surface area contributed by atoms with E-state index < -0.39 is 0 Å². The van der Waals surface area contributed by atoms with Crippen molar-refractivity contribution in [2.75, 3.05) is 20.4 Å². The van der Waals surface area contributed by atoms with E-state index >= 15 is 0 Å². The topological polar surface area (TPSA) is 76.9 Å². The molecule has 2 aliphatic rings. The van der Waals surface area contributed by atoms with Crippen molar-refractivity contribution in [3.63, 3.8) is 0 Å². The quantitative estimate of drug-likeness (QED) is 0.494. The molecule has 27 heavy (non-hydrogen) atoms. The number of fused-ring (bicyclic) bond motifs is 2. The number of nitrogens with zero attached hydrogens (tertiary/aromatic N) is 2. The minimum atomic E-state index is -0.386. The van der Waals surface area contributed by atoms with Gasteiger partial charge in [0, 0.05) is 25.7 Å². The number of non-ortho nitro benzene ring substituents is 1. The minimum Gasteiger partial charge on any atom is -0.454 e. The first-order valence-electron chi connectivity index (χ1n) is 8.71. The van der Waals surface area contributed by atoms with Gasteiger partial charge in [-0.3, -0.25) is 10.1 Å². The van der Waals surface area contributed by atoms with Gasteiger partial charge in [0.25, 0.3) is 5.69 Å². The summed E-state index contributed by atoms with van der Waals surface area (Å²) < 4.78 is 11.1. The third-order valence-electron chi connectivity index (χ3n) is 5.04. The van der Waals surface area contributed by atoms with Crippen LogP contribution in [0.1, 0.15) is 22.7 Å². The second kappa shape index (κ2) is 7.03. The van der Waals surface area contributed by atoms with Crippen molar-refractivity contribution in [1.82, 2.24) is 10.2 Å². The fourth-order valence-corrected chi connectivity index (χ4v) is 3.89. The van der Waals surface area contributed by atoms with E-state index in [2.05, 4.69) is 16.3 Å². The molecule has 0 bridgehead atoms. The lowest BCUT2D eigenvalue weighted by Crippen LogP contribution is -2.45. The molecule has 0 saturated heterocycles. The van der Waals surface area contributed by atoms with Crippen molar-refractivity contribution in [3.05, 3.63) is 63.2 Å². The fourth-order valence-electron chi connectivity index (χ4n) is 3.67. The van der Waals surface area contributed by atoms with Gasteiger partial charge in [-0.05, 0) is 53.9 Å². The Labute approximate surface area is 162 Å². The van der Waals surface area contributed by atoms with E-state index in [0.717, 1.165) is 35.6 Å². The van der Waals surface area contributed by atoms with Crippen LogP contribution in [0.15, 0.2) is 36.4 Å². The zero-order valence-corrected chi connectivity index (χ0v) is 15.6. The average Bonchev–Trinajstić information content (AvgIpc) is 3.14. The smallest absolute Gasteiger partial charge is 0.269 e. The van der Waals surface area contributed by atoms with Crippen LogP contribution in [-0.4, -0.2) is 35.3 Å². The Hall–Kier alpha value is -2.87. The molecule has 7 nitrogen and oxygen atoms in total. The van der Waals surface area contributed by atoms with Gasteiger partial charge in [-0.2, -0.15) is 0 Å². The standard InChI is InChI=1S/C19H19N3O4S/c1-20-19(27)21-7-6-13-9-17-18(26-11-25-17)10-15(13)16(21)8-12-2-4-14(5-3-12)22(23)24/h2-5,9-10,16H,6-8,11H2,1H3,(H,20,27). The average molecular weight is 385 g/mol. The van der Waals surface area contributed by atoms with Gasteiger partial charge in [-0.15, -0.1) is 0 Å². The van der Waals surface area contributed by atoms with Crippen LogP contribution in [0.2, 0.25) is 0 Å². The summed E-state index contributed by atoms with van der Waals surface area (Å²) in [4.78, 5) is 12.7. The molecule has 1 unspecified atom stereocenters. The third-order valence-corrected chi connectivity index (χ3v) is 5.48. The van der Waals surface area contributed by atoms with E-state index in [4.69, 9.17) is 21.7 Å². The molecule has 2 heterocycles. The number of nitro benzene ring substituents is 1. The van der Waals surface area contributed by atoms with Crippen LogP contribution in [0.4, 0.5) is 5.69 Å². The molecule has 0 aliphatic carbocycles. The Morgan fingerprint density at radius 3 is 2.67 bits per heavy atom. The molecule has 4 rings (SSSR count). The summed E-state index contributed by atoms with van der Waals surface area (Å²) in [6, 6.07) is 10.8. The number of ether oxygens (including phenoxy) is 2.